The monoisotopic (exact) mass is 337 g/mol. The Balaban J connectivity index is 2.34. The molecule has 2 rings (SSSR count). The van der Waals surface area contributed by atoms with Crippen LogP contribution in [-0.2, 0) is 0 Å². The molecule has 1 N–H and O–H groups in total. The van der Waals surface area contributed by atoms with Crippen LogP contribution in [0.15, 0.2) is 46.9 Å². The molecule has 0 radical (unpaired) electrons. The zero-order valence-corrected chi connectivity index (χ0v) is 11.5. The van der Waals surface area contributed by atoms with E-state index in [9.17, 15) is 14.9 Å². The zero-order valence-electron chi connectivity index (χ0n) is 9.95. The van der Waals surface area contributed by atoms with Crippen molar-refractivity contribution in [1.29, 1.82) is 0 Å². The van der Waals surface area contributed by atoms with E-state index in [1.165, 1.54) is 36.4 Å². The summed E-state index contributed by atoms with van der Waals surface area (Å²) in [6.45, 7) is 0. The van der Waals surface area contributed by atoms with E-state index < -0.39 is 10.9 Å². The van der Waals surface area contributed by atoms with Gasteiger partial charge in [-0.3, -0.25) is 10.1 Å². The highest BCUT2D eigenvalue weighted by Crippen LogP contribution is 2.32. The normalized spacial score (nSPS) is 10.1. The van der Waals surface area contributed by atoms with Crippen LogP contribution in [-0.4, -0.2) is 16.0 Å². The molecule has 102 valence electrons. The van der Waals surface area contributed by atoms with E-state index in [0.29, 0.717) is 10.2 Å². The van der Waals surface area contributed by atoms with Crippen molar-refractivity contribution in [1.82, 2.24) is 0 Å². The molecular formula is C13H8BrNO5. The highest BCUT2D eigenvalue weighted by molar-refractivity contribution is 9.10. The van der Waals surface area contributed by atoms with Gasteiger partial charge in [0.2, 0.25) is 5.75 Å². The summed E-state index contributed by atoms with van der Waals surface area (Å²) in [5.74, 6) is -0.683. The molecule has 0 amide bonds. The summed E-state index contributed by atoms with van der Waals surface area (Å²) in [4.78, 5) is 21.2. The first-order valence-corrected chi connectivity index (χ1v) is 6.22. The van der Waals surface area contributed by atoms with Gasteiger partial charge in [-0.2, -0.15) is 0 Å². The number of halogens is 1. The number of ether oxygens (including phenoxy) is 1. The van der Waals surface area contributed by atoms with Gasteiger partial charge in [0.1, 0.15) is 5.75 Å². The van der Waals surface area contributed by atoms with Crippen LogP contribution in [0.2, 0.25) is 0 Å². The Kier molecular flexibility index (Phi) is 3.99. The van der Waals surface area contributed by atoms with Crippen LogP contribution < -0.4 is 4.74 Å². The minimum atomic E-state index is -1.07. The Hall–Kier alpha value is -2.41. The molecule has 2 aromatic rings. The number of aromatic carboxylic acids is 1. The van der Waals surface area contributed by atoms with E-state index in [4.69, 9.17) is 9.84 Å². The van der Waals surface area contributed by atoms with Gasteiger partial charge in [0, 0.05) is 10.5 Å². The molecule has 0 unspecified atom stereocenters. The zero-order chi connectivity index (χ0) is 14.7. The molecule has 0 aliphatic heterocycles. The van der Waals surface area contributed by atoms with Crippen molar-refractivity contribution in [3.05, 3.63) is 62.6 Å². The lowest BCUT2D eigenvalue weighted by Gasteiger charge is -2.07. The molecule has 0 aliphatic carbocycles. The molecule has 0 fully saturated rings. The second kappa shape index (κ2) is 5.70. The molecule has 0 spiro atoms. The Morgan fingerprint density at radius 2 is 1.95 bits per heavy atom. The molecule has 20 heavy (non-hydrogen) atoms. The van der Waals surface area contributed by atoms with Crippen LogP contribution in [0.1, 0.15) is 10.4 Å². The number of carbonyl (C=O) groups is 1. The summed E-state index contributed by atoms with van der Waals surface area (Å²) in [6, 6.07) is 10.2. The minimum absolute atomic E-state index is 0.0833. The highest BCUT2D eigenvalue weighted by atomic mass is 79.9. The third kappa shape index (κ3) is 2.94. The van der Waals surface area contributed by atoms with Crippen molar-refractivity contribution in [2.75, 3.05) is 0 Å². The smallest absolute Gasteiger partial charge is 0.336 e. The van der Waals surface area contributed by atoms with Gasteiger partial charge < -0.3 is 9.84 Å². The van der Waals surface area contributed by atoms with Crippen LogP contribution in [0.4, 0.5) is 5.69 Å². The van der Waals surface area contributed by atoms with Crippen molar-refractivity contribution in [2.24, 2.45) is 0 Å². The largest absolute Gasteiger partial charge is 0.478 e. The van der Waals surface area contributed by atoms with Gasteiger partial charge in [0.05, 0.1) is 10.5 Å². The third-order valence-electron chi connectivity index (χ3n) is 2.46. The Morgan fingerprint density at radius 3 is 2.55 bits per heavy atom. The second-order valence-corrected chi connectivity index (χ2v) is 4.63. The van der Waals surface area contributed by atoms with E-state index in [-0.39, 0.29) is 17.0 Å². The summed E-state index contributed by atoms with van der Waals surface area (Å²) < 4.78 is 5.76. The summed E-state index contributed by atoms with van der Waals surface area (Å²) >= 11 is 3.11. The predicted octanol–water partition coefficient (Wildman–Crippen LogP) is 3.85. The molecule has 0 bridgehead atoms. The topological polar surface area (TPSA) is 89.7 Å². The van der Waals surface area contributed by atoms with E-state index in [2.05, 4.69) is 15.9 Å². The maximum absolute atomic E-state index is 10.9. The van der Waals surface area contributed by atoms with Crippen molar-refractivity contribution < 1.29 is 19.6 Å². The van der Waals surface area contributed by atoms with Crippen molar-refractivity contribution in [2.45, 2.75) is 0 Å². The van der Waals surface area contributed by atoms with Gasteiger partial charge in [0.25, 0.3) is 0 Å². The fourth-order valence-electron chi connectivity index (χ4n) is 1.55. The third-order valence-corrected chi connectivity index (χ3v) is 3.12. The number of carboxylic acid groups (broad SMARTS) is 1. The number of nitro groups is 1. The molecule has 0 atom stereocenters. The van der Waals surface area contributed by atoms with Crippen molar-refractivity contribution >= 4 is 27.6 Å². The molecule has 0 aliphatic rings. The number of nitrogens with zero attached hydrogens (tertiary/aromatic N) is 1. The SMILES string of the molecule is O=C(O)c1ccc(Oc2ccccc2[N+](=O)[O-])cc1Br. The number of nitro benzene ring substituents is 1. The lowest BCUT2D eigenvalue weighted by atomic mass is 10.2. The Morgan fingerprint density at radius 1 is 1.25 bits per heavy atom. The van der Waals surface area contributed by atoms with E-state index >= 15 is 0 Å². The summed E-state index contributed by atoms with van der Waals surface area (Å²) in [5.41, 5.74) is -0.0779. The minimum Gasteiger partial charge on any atom is -0.478 e. The maximum Gasteiger partial charge on any atom is 0.336 e. The van der Waals surface area contributed by atoms with Gasteiger partial charge in [0.15, 0.2) is 0 Å². The van der Waals surface area contributed by atoms with Crippen molar-refractivity contribution in [3.8, 4) is 11.5 Å². The van der Waals surface area contributed by atoms with E-state index in [1.54, 1.807) is 6.07 Å². The number of hydrogen-bond donors (Lipinski definition) is 1. The number of rotatable bonds is 4. The first-order valence-electron chi connectivity index (χ1n) is 5.43. The molecule has 0 saturated carbocycles. The number of carboxylic acids is 1. The van der Waals surface area contributed by atoms with Gasteiger partial charge in [-0.25, -0.2) is 4.79 Å². The van der Waals surface area contributed by atoms with Gasteiger partial charge >= 0.3 is 11.7 Å². The quantitative estimate of drug-likeness (QED) is 0.676. The maximum atomic E-state index is 10.9. The van der Waals surface area contributed by atoms with Crippen LogP contribution in [0, 0.1) is 10.1 Å². The molecule has 0 saturated heterocycles. The fourth-order valence-corrected chi connectivity index (χ4v) is 2.08. The standard InChI is InChI=1S/C13H8BrNO5/c14-10-7-8(5-6-9(10)13(16)17)20-12-4-2-1-3-11(12)15(18)19/h1-7H,(H,16,17). The molecule has 2 aromatic carbocycles. The summed E-state index contributed by atoms with van der Waals surface area (Å²) in [7, 11) is 0. The molecule has 7 heteroatoms. The predicted molar refractivity (Wildman–Crippen MR) is 74.3 cm³/mol. The lowest BCUT2D eigenvalue weighted by Crippen LogP contribution is -1.98. The van der Waals surface area contributed by atoms with E-state index in [0.717, 1.165) is 0 Å². The second-order valence-electron chi connectivity index (χ2n) is 3.77. The molecule has 0 aromatic heterocycles. The number of benzene rings is 2. The fraction of sp³-hybridized carbons (Fsp3) is 0. The van der Waals surface area contributed by atoms with Crippen LogP contribution in [0.5, 0.6) is 11.5 Å². The van der Waals surface area contributed by atoms with Gasteiger partial charge in [-0.05, 0) is 40.2 Å². The molecular weight excluding hydrogens is 330 g/mol. The summed E-state index contributed by atoms with van der Waals surface area (Å²) in [5, 5.41) is 19.8. The highest BCUT2D eigenvalue weighted by Gasteiger charge is 2.15. The van der Waals surface area contributed by atoms with Gasteiger partial charge in [-0.15, -0.1) is 0 Å². The summed E-state index contributed by atoms with van der Waals surface area (Å²) in [6.07, 6.45) is 0. The molecule has 6 nitrogen and oxygen atoms in total. The van der Waals surface area contributed by atoms with E-state index in [1.807, 2.05) is 0 Å². The van der Waals surface area contributed by atoms with Crippen LogP contribution in [0.25, 0.3) is 0 Å². The number of para-hydroxylation sites is 2. The number of hydrogen-bond acceptors (Lipinski definition) is 4. The first-order chi connectivity index (χ1) is 9.49. The average molecular weight is 338 g/mol. The van der Waals surface area contributed by atoms with Gasteiger partial charge in [-0.1, -0.05) is 12.1 Å². The Labute approximate surface area is 121 Å². The lowest BCUT2D eigenvalue weighted by molar-refractivity contribution is -0.385. The average Bonchev–Trinajstić information content (AvgIpc) is 2.38. The Bertz CT molecular complexity index is 686. The van der Waals surface area contributed by atoms with Crippen LogP contribution in [0.3, 0.4) is 0 Å². The first kappa shape index (κ1) is 14.0. The van der Waals surface area contributed by atoms with Crippen LogP contribution >= 0.6 is 15.9 Å². The van der Waals surface area contributed by atoms with Crippen molar-refractivity contribution in [3.63, 3.8) is 0 Å². The molecule has 0 heterocycles.